The maximum absolute atomic E-state index is 13.2. The Labute approximate surface area is 348 Å². The minimum Gasteiger partial charge on any atom is -0.457 e. The molecule has 2 heterocycles. The minimum atomic E-state index is -1.02. The number of piperidine rings is 1. The van der Waals surface area contributed by atoms with E-state index in [-0.39, 0.29) is 42.7 Å². The molecule has 2 aliphatic heterocycles. The standard InChI is InChI=1S/C41H55N3O16/c45-35-10-9-34(38(47)43-35)44-39(48)32-7-4-8-33(36(32)40(44)49)42-11-12-51-13-14-52-15-16-53-17-18-54-19-20-55-21-22-56-23-24-57-25-26-58-27-28-59-29-30-60-41(50)37(46)31-5-2-1-3-6-31/h1-8,34,42H,9-30H2,(H,43,45,47). The first-order chi connectivity index (χ1) is 29.4. The number of nitrogens with one attached hydrogen (secondary N) is 2. The van der Waals surface area contributed by atoms with Crippen LogP contribution in [0.1, 0.15) is 43.9 Å². The second kappa shape index (κ2) is 28.7. The van der Waals surface area contributed by atoms with Gasteiger partial charge in [0.1, 0.15) is 12.6 Å². The normalized spacial score (nSPS) is 15.0. The van der Waals surface area contributed by atoms with Crippen LogP contribution in [0.15, 0.2) is 48.5 Å². The predicted octanol–water partition coefficient (Wildman–Crippen LogP) is 1.08. The number of anilines is 1. The first kappa shape index (κ1) is 48.0. The third-order valence-corrected chi connectivity index (χ3v) is 8.69. The molecule has 330 valence electrons. The van der Waals surface area contributed by atoms with E-state index in [1.807, 2.05) is 0 Å². The van der Waals surface area contributed by atoms with E-state index in [0.29, 0.717) is 125 Å². The number of imide groups is 2. The van der Waals surface area contributed by atoms with Crippen LogP contribution < -0.4 is 10.6 Å². The highest BCUT2D eigenvalue weighted by Gasteiger charge is 2.45. The molecule has 19 heteroatoms. The van der Waals surface area contributed by atoms with Crippen molar-refractivity contribution in [2.45, 2.75) is 18.9 Å². The minimum absolute atomic E-state index is 0.0190. The van der Waals surface area contributed by atoms with Crippen LogP contribution in [-0.4, -0.2) is 178 Å². The molecule has 60 heavy (non-hydrogen) atoms. The largest absolute Gasteiger partial charge is 0.457 e. The van der Waals surface area contributed by atoms with Gasteiger partial charge in [0.25, 0.3) is 17.6 Å². The number of amides is 4. The summed E-state index contributed by atoms with van der Waals surface area (Å²) in [5.41, 5.74) is 1.17. The molecule has 0 aliphatic carbocycles. The molecule has 4 rings (SSSR count). The van der Waals surface area contributed by atoms with Gasteiger partial charge in [-0.3, -0.25) is 34.2 Å². The lowest BCUT2D eigenvalue weighted by molar-refractivity contribution is -0.140. The van der Waals surface area contributed by atoms with Gasteiger partial charge in [-0.15, -0.1) is 0 Å². The lowest BCUT2D eigenvalue weighted by Gasteiger charge is -2.27. The van der Waals surface area contributed by atoms with Crippen LogP contribution in [0.3, 0.4) is 0 Å². The highest BCUT2D eigenvalue weighted by atomic mass is 16.6. The summed E-state index contributed by atoms with van der Waals surface area (Å²) in [4.78, 5) is 74.6. The number of rotatable bonds is 34. The van der Waals surface area contributed by atoms with E-state index in [4.69, 9.17) is 47.4 Å². The number of benzene rings is 2. The summed E-state index contributed by atoms with van der Waals surface area (Å²) in [6.07, 6.45) is 0.155. The Morgan fingerprint density at radius 3 is 1.52 bits per heavy atom. The number of hydrogen-bond donors (Lipinski definition) is 2. The average molecular weight is 846 g/mol. The van der Waals surface area contributed by atoms with Crippen molar-refractivity contribution in [1.29, 1.82) is 0 Å². The van der Waals surface area contributed by atoms with E-state index in [9.17, 15) is 28.8 Å². The fourth-order valence-corrected chi connectivity index (χ4v) is 5.75. The summed E-state index contributed by atoms with van der Waals surface area (Å²) >= 11 is 0. The molecule has 1 fully saturated rings. The maximum Gasteiger partial charge on any atom is 0.379 e. The summed E-state index contributed by atoms with van der Waals surface area (Å²) in [5, 5.41) is 5.32. The van der Waals surface area contributed by atoms with Gasteiger partial charge < -0.3 is 52.7 Å². The van der Waals surface area contributed by atoms with Crippen molar-refractivity contribution in [3.63, 3.8) is 0 Å². The molecule has 0 radical (unpaired) electrons. The van der Waals surface area contributed by atoms with E-state index in [1.165, 1.54) is 0 Å². The van der Waals surface area contributed by atoms with Crippen molar-refractivity contribution in [2.24, 2.45) is 0 Å². The highest BCUT2D eigenvalue weighted by Crippen LogP contribution is 2.32. The second-order valence-electron chi connectivity index (χ2n) is 12.9. The van der Waals surface area contributed by atoms with Crippen LogP contribution in [-0.2, 0) is 61.8 Å². The first-order valence-electron chi connectivity index (χ1n) is 19.9. The molecule has 1 unspecified atom stereocenters. The molecule has 2 aromatic carbocycles. The third kappa shape index (κ3) is 17.1. The zero-order valence-electron chi connectivity index (χ0n) is 33.7. The Hall–Kier alpha value is -4.70. The Morgan fingerprint density at radius 2 is 1.03 bits per heavy atom. The van der Waals surface area contributed by atoms with Gasteiger partial charge in [0.05, 0.1) is 130 Å². The lowest BCUT2D eigenvalue weighted by atomic mass is 10.0. The van der Waals surface area contributed by atoms with Gasteiger partial charge in [0.2, 0.25) is 11.8 Å². The van der Waals surface area contributed by atoms with Crippen molar-refractivity contribution >= 4 is 41.1 Å². The van der Waals surface area contributed by atoms with Crippen LogP contribution >= 0.6 is 0 Å². The van der Waals surface area contributed by atoms with Crippen LogP contribution in [0.4, 0.5) is 5.69 Å². The zero-order valence-corrected chi connectivity index (χ0v) is 33.7. The van der Waals surface area contributed by atoms with E-state index < -0.39 is 41.4 Å². The fourth-order valence-electron chi connectivity index (χ4n) is 5.75. The Balaban J connectivity index is 0.829. The van der Waals surface area contributed by atoms with E-state index in [0.717, 1.165) is 4.90 Å². The smallest absolute Gasteiger partial charge is 0.379 e. The summed E-state index contributed by atoms with van der Waals surface area (Å²) in [7, 11) is 0. The molecule has 2 aliphatic rings. The van der Waals surface area contributed by atoms with Gasteiger partial charge in [0, 0.05) is 24.2 Å². The topological polar surface area (TPSA) is 222 Å². The van der Waals surface area contributed by atoms with Gasteiger partial charge in [-0.25, -0.2) is 4.79 Å². The fraction of sp³-hybridized carbons (Fsp3) is 0.561. The number of ether oxygens (including phenoxy) is 10. The lowest BCUT2D eigenvalue weighted by Crippen LogP contribution is -2.54. The molecule has 1 saturated heterocycles. The van der Waals surface area contributed by atoms with Crippen LogP contribution in [0.5, 0.6) is 0 Å². The van der Waals surface area contributed by atoms with Gasteiger partial charge in [-0.1, -0.05) is 36.4 Å². The molecule has 0 bridgehead atoms. The predicted molar refractivity (Wildman–Crippen MR) is 211 cm³/mol. The van der Waals surface area contributed by atoms with Crippen molar-refractivity contribution < 1.29 is 76.1 Å². The zero-order chi connectivity index (χ0) is 42.6. The second-order valence-corrected chi connectivity index (χ2v) is 12.9. The van der Waals surface area contributed by atoms with Gasteiger partial charge >= 0.3 is 5.97 Å². The van der Waals surface area contributed by atoms with Crippen molar-refractivity contribution in [3.8, 4) is 0 Å². The first-order valence-corrected chi connectivity index (χ1v) is 19.9. The van der Waals surface area contributed by atoms with Crippen molar-refractivity contribution in [1.82, 2.24) is 10.2 Å². The summed E-state index contributed by atoms with van der Waals surface area (Å²) < 4.78 is 54.2. The average Bonchev–Trinajstić information content (AvgIpc) is 3.51. The molecular formula is C41H55N3O16. The molecule has 2 N–H and O–H groups in total. The number of hydrogen-bond acceptors (Lipinski definition) is 17. The number of carbonyl (C=O) groups is 6. The maximum atomic E-state index is 13.2. The third-order valence-electron chi connectivity index (χ3n) is 8.69. The number of fused-ring (bicyclic) bond motifs is 1. The molecular weight excluding hydrogens is 790 g/mol. The van der Waals surface area contributed by atoms with E-state index in [2.05, 4.69) is 10.6 Å². The molecule has 0 saturated carbocycles. The number of Topliss-reactive ketones (excluding diaryl/α,β-unsaturated/α-hetero) is 1. The number of carbonyl (C=O) groups excluding carboxylic acids is 6. The van der Waals surface area contributed by atoms with Crippen molar-refractivity contribution in [2.75, 3.05) is 137 Å². The SMILES string of the molecule is O=C1CCC(N2C(=O)c3cccc(NCCOCCOCCOCCOCCOCCOCCOCCOCCOCCOC(=O)C(=O)c4ccccc4)c3C2=O)C(=O)N1. The van der Waals surface area contributed by atoms with Gasteiger partial charge in [-0.2, -0.15) is 0 Å². The molecule has 1 atom stereocenters. The summed E-state index contributed by atoms with van der Waals surface area (Å²) in [6, 6.07) is 12.1. The molecule has 19 nitrogen and oxygen atoms in total. The van der Waals surface area contributed by atoms with Gasteiger partial charge in [0.15, 0.2) is 0 Å². The Bertz CT molecular complexity index is 1640. The van der Waals surface area contributed by atoms with E-state index in [1.54, 1.807) is 48.5 Å². The van der Waals surface area contributed by atoms with Crippen LogP contribution in [0.25, 0.3) is 0 Å². The van der Waals surface area contributed by atoms with Gasteiger partial charge in [-0.05, 0) is 18.6 Å². The highest BCUT2D eigenvalue weighted by molar-refractivity contribution is 6.40. The number of nitrogens with zero attached hydrogens (tertiary/aromatic N) is 1. The van der Waals surface area contributed by atoms with E-state index >= 15 is 0 Å². The molecule has 0 spiro atoms. The number of esters is 1. The monoisotopic (exact) mass is 845 g/mol. The molecule has 4 amide bonds. The van der Waals surface area contributed by atoms with Crippen molar-refractivity contribution in [3.05, 3.63) is 65.2 Å². The summed E-state index contributed by atoms with van der Waals surface area (Å²) in [6.45, 7) is 7.36. The Morgan fingerprint density at radius 1 is 0.567 bits per heavy atom. The van der Waals surface area contributed by atoms with Crippen LogP contribution in [0.2, 0.25) is 0 Å². The molecule has 0 aromatic heterocycles. The molecule has 2 aromatic rings. The Kier molecular flexibility index (Phi) is 23.0. The summed E-state index contributed by atoms with van der Waals surface area (Å²) in [5.74, 6) is -3.79. The number of ketones is 1. The van der Waals surface area contributed by atoms with Crippen LogP contribution in [0, 0.1) is 0 Å². The quantitative estimate of drug-likeness (QED) is 0.0331.